The van der Waals surface area contributed by atoms with Crippen molar-refractivity contribution in [2.75, 3.05) is 26.0 Å². The lowest BCUT2D eigenvalue weighted by atomic mass is 9.96. The highest BCUT2D eigenvalue weighted by Crippen LogP contribution is 2.37. The Morgan fingerprint density at radius 1 is 1.20 bits per heavy atom. The van der Waals surface area contributed by atoms with Gasteiger partial charge in [0.05, 0.1) is 19.7 Å². The number of aryl methyl sites for hydroxylation is 1. The highest BCUT2D eigenvalue weighted by atomic mass is 32.1. The highest BCUT2D eigenvalue weighted by Gasteiger charge is 2.22. The van der Waals surface area contributed by atoms with Crippen LogP contribution in [0.25, 0.3) is 10.8 Å². The SMILES string of the molecule is COc1ccc2cc(C[NH+](C)CC(=O)Nc3sc4c(c3C#N)CCCC4)ccc2c1. The van der Waals surface area contributed by atoms with Gasteiger partial charge in [-0.15, -0.1) is 11.3 Å². The lowest BCUT2D eigenvalue weighted by molar-refractivity contribution is -0.885. The third kappa shape index (κ3) is 4.33. The Bertz CT molecular complexity index is 1130. The molecule has 1 aliphatic rings. The molecule has 0 saturated heterocycles. The monoisotopic (exact) mass is 420 g/mol. The van der Waals surface area contributed by atoms with Gasteiger partial charge in [0.15, 0.2) is 6.54 Å². The lowest BCUT2D eigenvalue weighted by Gasteiger charge is -2.14. The number of quaternary nitrogens is 1. The van der Waals surface area contributed by atoms with Gasteiger partial charge in [-0.05, 0) is 60.2 Å². The Hall–Kier alpha value is -2.88. The summed E-state index contributed by atoms with van der Waals surface area (Å²) in [6, 6.07) is 14.7. The van der Waals surface area contributed by atoms with Crippen LogP contribution in [0.15, 0.2) is 36.4 Å². The number of likely N-dealkylation sites (N-methyl/N-ethyl adjacent to an activating group) is 1. The molecule has 0 saturated carbocycles. The van der Waals surface area contributed by atoms with Crippen molar-refractivity contribution in [2.24, 2.45) is 0 Å². The molecule has 154 valence electrons. The number of amides is 1. The molecule has 3 aromatic rings. The van der Waals surface area contributed by atoms with E-state index in [1.54, 1.807) is 18.4 Å². The van der Waals surface area contributed by atoms with E-state index < -0.39 is 0 Å². The summed E-state index contributed by atoms with van der Waals surface area (Å²) in [5.74, 6) is 0.801. The van der Waals surface area contributed by atoms with Gasteiger partial charge in [0.1, 0.15) is 23.4 Å². The van der Waals surface area contributed by atoms with E-state index in [9.17, 15) is 10.1 Å². The van der Waals surface area contributed by atoms with E-state index in [2.05, 4.69) is 35.7 Å². The first kappa shape index (κ1) is 20.4. The first-order chi connectivity index (χ1) is 14.6. The van der Waals surface area contributed by atoms with Gasteiger partial charge in [0, 0.05) is 10.4 Å². The minimum Gasteiger partial charge on any atom is -0.497 e. The molecule has 30 heavy (non-hydrogen) atoms. The lowest BCUT2D eigenvalue weighted by Crippen LogP contribution is -3.08. The number of carbonyl (C=O) groups is 1. The average Bonchev–Trinajstić information content (AvgIpc) is 3.09. The second kappa shape index (κ2) is 8.86. The zero-order valence-corrected chi connectivity index (χ0v) is 18.2. The zero-order valence-electron chi connectivity index (χ0n) is 17.4. The van der Waals surface area contributed by atoms with Crippen molar-refractivity contribution < 1.29 is 14.4 Å². The van der Waals surface area contributed by atoms with Crippen LogP contribution in [0.1, 0.15) is 34.4 Å². The van der Waals surface area contributed by atoms with E-state index in [-0.39, 0.29) is 5.91 Å². The quantitative estimate of drug-likeness (QED) is 0.643. The molecule has 0 radical (unpaired) electrons. The molecule has 1 aliphatic carbocycles. The van der Waals surface area contributed by atoms with Gasteiger partial charge in [-0.1, -0.05) is 18.2 Å². The third-order valence-corrected chi connectivity index (χ3v) is 6.82. The fraction of sp³-hybridized carbons (Fsp3) is 0.333. The summed E-state index contributed by atoms with van der Waals surface area (Å²) in [7, 11) is 3.69. The van der Waals surface area contributed by atoms with Gasteiger partial charge >= 0.3 is 0 Å². The van der Waals surface area contributed by atoms with Crippen LogP contribution in [0.4, 0.5) is 5.00 Å². The fourth-order valence-electron chi connectivity index (χ4n) is 4.14. The number of hydrogen-bond acceptors (Lipinski definition) is 4. The number of methoxy groups -OCH3 is 1. The van der Waals surface area contributed by atoms with Crippen molar-refractivity contribution in [3.63, 3.8) is 0 Å². The van der Waals surface area contributed by atoms with E-state index in [1.807, 2.05) is 19.2 Å². The number of rotatable bonds is 6. The number of benzene rings is 2. The largest absolute Gasteiger partial charge is 0.497 e. The molecule has 0 fully saturated rings. The fourth-order valence-corrected chi connectivity index (χ4v) is 5.39. The van der Waals surface area contributed by atoms with E-state index in [1.165, 1.54) is 10.4 Å². The Morgan fingerprint density at radius 3 is 2.77 bits per heavy atom. The summed E-state index contributed by atoms with van der Waals surface area (Å²) >= 11 is 1.58. The van der Waals surface area contributed by atoms with Crippen LogP contribution in [-0.2, 0) is 24.2 Å². The number of thiophene rings is 1. The molecule has 1 unspecified atom stereocenters. The topological polar surface area (TPSA) is 66.6 Å². The number of nitrogens with one attached hydrogen (secondary N) is 2. The minimum atomic E-state index is -0.0480. The molecule has 1 amide bonds. The molecule has 0 spiro atoms. The molecule has 1 heterocycles. The number of ether oxygens (including phenoxy) is 1. The van der Waals surface area contributed by atoms with Crippen molar-refractivity contribution in [3.8, 4) is 11.8 Å². The number of nitriles is 1. The first-order valence-electron chi connectivity index (χ1n) is 10.3. The summed E-state index contributed by atoms with van der Waals surface area (Å²) in [4.78, 5) is 15.0. The Balaban J connectivity index is 1.40. The molecule has 0 bridgehead atoms. The zero-order chi connectivity index (χ0) is 21.1. The molecule has 1 atom stereocenters. The molecule has 5 nitrogen and oxygen atoms in total. The van der Waals surface area contributed by atoms with Crippen molar-refractivity contribution in [3.05, 3.63) is 58.0 Å². The van der Waals surface area contributed by atoms with Gasteiger partial charge in [0.2, 0.25) is 0 Å². The van der Waals surface area contributed by atoms with Crippen molar-refractivity contribution in [2.45, 2.75) is 32.2 Å². The summed E-state index contributed by atoms with van der Waals surface area (Å²) < 4.78 is 5.28. The van der Waals surface area contributed by atoms with Crippen LogP contribution in [0.5, 0.6) is 5.75 Å². The van der Waals surface area contributed by atoms with Crippen molar-refractivity contribution >= 4 is 33.0 Å². The van der Waals surface area contributed by atoms with Gasteiger partial charge in [0.25, 0.3) is 5.91 Å². The number of anilines is 1. The molecule has 2 N–H and O–H groups in total. The van der Waals surface area contributed by atoms with Crippen LogP contribution >= 0.6 is 11.3 Å². The van der Waals surface area contributed by atoms with Crippen LogP contribution in [-0.4, -0.2) is 26.6 Å². The normalized spacial score (nSPS) is 14.0. The molecule has 6 heteroatoms. The van der Waals surface area contributed by atoms with Gasteiger partial charge in [-0.2, -0.15) is 5.26 Å². The highest BCUT2D eigenvalue weighted by molar-refractivity contribution is 7.16. The van der Waals surface area contributed by atoms with Gasteiger partial charge < -0.3 is 15.0 Å². The van der Waals surface area contributed by atoms with Crippen LogP contribution in [0, 0.1) is 11.3 Å². The summed E-state index contributed by atoms with van der Waals surface area (Å²) in [6.07, 6.45) is 4.25. The van der Waals surface area contributed by atoms with Crippen molar-refractivity contribution in [1.29, 1.82) is 5.26 Å². The van der Waals surface area contributed by atoms with E-state index >= 15 is 0 Å². The summed E-state index contributed by atoms with van der Waals surface area (Å²) in [5, 5.41) is 15.6. The predicted molar refractivity (Wildman–Crippen MR) is 120 cm³/mol. The Morgan fingerprint density at radius 2 is 1.97 bits per heavy atom. The molecular weight excluding hydrogens is 394 g/mol. The van der Waals surface area contributed by atoms with Gasteiger partial charge in [-0.3, -0.25) is 4.79 Å². The maximum atomic E-state index is 12.6. The molecular formula is C24H26N3O2S+. The number of fused-ring (bicyclic) bond motifs is 2. The number of nitrogens with zero attached hydrogens (tertiary/aromatic N) is 1. The Kier molecular flexibility index (Phi) is 6.03. The standard InChI is InChI=1S/C24H25N3O2S/c1-27(14-16-7-8-18-12-19(29-2)10-9-17(18)11-16)15-23(28)26-24-21(13-25)20-5-3-4-6-22(20)30-24/h7-12H,3-6,14-15H2,1-2H3,(H,26,28)/p+1. The van der Waals surface area contributed by atoms with E-state index in [0.717, 1.165) is 64.2 Å². The summed E-state index contributed by atoms with van der Waals surface area (Å²) in [5.41, 5.74) is 3.01. The summed E-state index contributed by atoms with van der Waals surface area (Å²) in [6.45, 7) is 1.11. The van der Waals surface area contributed by atoms with E-state index in [0.29, 0.717) is 12.1 Å². The smallest absolute Gasteiger partial charge is 0.280 e. The van der Waals surface area contributed by atoms with Crippen LogP contribution in [0.2, 0.25) is 0 Å². The average molecular weight is 421 g/mol. The van der Waals surface area contributed by atoms with Crippen LogP contribution in [0.3, 0.4) is 0 Å². The molecule has 0 aliphatic heterocycles. The second-order valence-electron chi connectivity index (χ2n) is 7.93. The minimum absolute atomic E-state index is 0.0480. The predicted octanol–water partition coefficient (Wildman–Crippen LogP) is 3.31. The van der Waals surface area contributed by atoms with Gasteiger partial charge in [-0.25, -0.2) is 0 Å². The maximum absolute atomic E-state index is 12.6. The Labute approximate surface area is 180 Å². The first-order valence-corrected chi connectivity index (χ1v) is 11.1. The van der Waals surface area contributed by atoms with Crippen LogP contribution < -0.4 is 15.0 Å². The maximum Gasteiger partial charge on any atom is 0.280 e. The molecule has 1 aromatic heterocycles. The third-order valence-electron chi connectivity index (χ3n) is 5.62. The number of carbonyl (C=O) groups excluding carboxylic acids is 1. The van der Waals surface area contributed by atoms with E-state index in [4.69, 9.17) is 4.74 Å². The van der Waals surface area contributed by atoms with Crippen molar-refractivity contribution in [1.82, 2.24) is 0 Å². The number of hydrogen-bond donors (Lipinski definition) is 2. The molecule has 2 aromatic carbocycles. The molecule has 4 rings (SSSR count). The second-order valence-corrected chi connectivity index (χ2v) is 9.04.